The zero-order valence-electron chi connectivity index (χ0n) is 8.90. The lowest BCUT2D eigenvalue weighted by atomic mass is 9.96. The van der Waals surface area contributed by atoms with E-state index in [-0.39, 0.29) is 0 Å². The molecule has 1 aromatic carbocycles. The van der Waals surface area contributed by atoms with Crippen LogP contribution in [0.5, 0.6) is 0 Å². The van der Waals surface area contributed by atoms with E-state index in [1.165, 1.54) is 6.42 Å². The van der Waals surface area contributed by atoms with E-state index in [9.17, 15) is 0 Å². The van der Waals surface area contributed by atoms with E-state index in [4.69, 9.17) is 11.0 Å². The number of rotatable bonds is 2. The molecule has 0 saturated carbocycles. The minimum atomic E-state index is 0.629. The van der Waals surface area contributed by atoms with E-state index in [1.807, 2.05) is 12.1 Å². The second-order valence-electron chi connectivity index (χ2n) is 4.06. The molecular weight excluding hydrogens is 186 g/mol. The fourth-order valence-corrected chi connectivity index (χ4v) is 1.94. The molecule has 0 atom stereocenters. The first-order chi connectivity index (χ1) is 7.24. The molecule has 0 radical (unpaired) electrons. The Labute approximate surface area is 90.1 Å². The first-order valence-electron chi connectivity index (χ1n) is 5.29. The second-order valence-corrected chi connectivity index (χ2v) is 4.06. The van der Waals surface area contributed by atoms with Gasteiger partial charge in [0.05, 0.1) is 23.0 Å². The van der Waals surface area contributed by atoms with Crippen LogP contribution in [0.3, 0.4) is 0 Å². The van der Waals surface area contributed by atoms with Crippen LogP contribution in [-0.4, -0.2) is 13.1 Å². The first-order valence-corrected chi connectivity index (χ1v) is 5.29. The highest BCUT2D eigenvalue weighted by Gasteiger charge is 2.26. The van der Waals surface area contributed by atoms with Crippen molar-refractivity contribution in [3.8, 4) is 6.07 Å². The van der Waals surface area contributed by atoms with Crippen LogP contribution in [0.15, 0.2) is 18.2 Å². The Hall–Kier alpha value is -1.69. The van der Waals surface area contributed by atoms with E-state index < -0.39 is 0 Å². The van der Waals surface area contributed by atoms with E-state index in [0.29, 0.717) is 11.3 Å². The molecule has 1 aromatic rings. The number of hydrogen-bond acceptors (Lipinski definition) is 3. The number of anilines is 2. The van der Waals surface area contributed by atoms with Gasteiger partial charge in [0.2, 0.25) is 0 Å². The molecule has 1 saturated heterocycles. The normalized spacial score (nSPS) is 15.9. The maximum Gasteiger partial charge on any atom is 0.0992 e. The summed E-state index contributed by atoms with van der Waals surface area (Å²) in [7, 11) is 0. The molecular formula is C12H15N3. The summed E-state index contributed by atoms with van der Waals surface area (Å²) in [5, 5.41) is 8.72. The van der Waals surface area contributed by atoms with Crippen molar-refractivity contribution in [2.24, 2.45) is 5.92 Å². The highest BCUT2D eigenvalue weighted by atomic mass is 15.2. The molecule has 2 rings (SSSR count). The molecule has 3 nitrogen and oxygen atoms in total. The first kappa shape index (κ1) is 9.85. The average Bonchev–Trinajstić information content (AvgIpc) is 2.18. The van der Waals surface area contributed by atoms with Gasteiger partial charge in [-0.3, -0.25) is 0 Å². The van der Waals surface area contributed by atoms with Crippen LogP contribution in [0.25, 0.3) is 0 Å². The van der Waals surface area contributed by atoms with Gasteiger partial charge in [-0.1, -0.05) is 6.92 Å². The Kier molecular flexibility index (Phi) is 2.51. The number of nitrogens with two attached hydrogens (primary N) is 1. The molecule has 0 aliphatic carbocycles. The van der Waals surface area contributed by atoms with Crippen molar-refractivity contribution in [2.75, 3.05) is 23.7 Å². The van der Waals surface area contributed by atoms with Crippen LogP contribution in [0.2, 0.25) is 0 Å². The Morgan fingerprint density at radius 1 is 1.53 bits per heavy atom. The van der Waals surface area contributed by atoms with E-state index in [2.05, 4.69) is 17.9 Å². The summed E-state index contributed by atoms with van der Waals surface area (Å²) in [6, 6.07) is 7.60. The summed E-state index contributed by atoms with van der Waals surface area (Å²) in [5.74, 6) is 0.806. The predicted molar refractivity (Wildman–Crippen MR) is 61.6 cm³/mol. The van der Waals surface area contributed by atoms with Crippen molar-refractivity contribution in [2.45, 2.75) is 13.3 Å². The number of nitriles is 1. The summed E-state index contributed by atoms with van der Waals surface area (Å²) in [5.41, 5.74) is 8.31. The SMILES string of the molecule is CCC1CN(c2ccc(C#N)cc2N)C1. The molecule has 2 N–H and O–H groups in total. The van der Waals surface area contributed by atoms with Gasteiger partial charge >= 0.3 is 0 Å². The summed E-state index contributed by atoms with van der Waals surface area (Å²) < 4.78 is 0. The maximum absolute atomic E-state index is 8.72. The minimum Gasteiger partial charge on any atom is -0.397 e. The van der Waals surface area contributed by atoms with Crippen LogP contribution in [-0.2, 0) is 0 Å². The standard InChI is InChI=1S/C12H15N3/c1-2-9-7-15(8-9)12-4-3-10(6-13)5-11(12)14/h3-5,9H,2,7-8,14H2,1H3. The van der Waals surface area contributed by atoms with Crippen LogP contribution in [0.4, 0.5) is 11.4 Å². The highest BCUT2D eigenvalue weighted by molar-refractivity contribution is 5.70. The molecule has 1 aliphatic heterocycles. The third-order valence-electron chi connectivity index (χ3n) is 3.03. The Bertz CT molecular complexity index is 400. The van der Waals surface area contributed by atoms with Crippen molar-refractivity contribution < 1.29 is 0 Å². The molecule has 1 aliphatic rings. The number of benzene rings is 1. The van der Waals surface area contributed by atoms with Gasteiger partial charge in [-0.2, -0.15) is 5.26 Å². The third kappa shape index (κ3) is 1.75. The number of nitrogens with zero attached hydrogens (tertiary/aromatic N) is 2. The van der Waals surface area contributed by atoms with E-state index >= 15 is 0 Å². The Balaban J connectivity index is 2.14. The summed E-state index contributed by atoms with van der Waals surface area (Å²) >= 11 is 0. The number of hydrogen-bond donors (Lipinski definition) is 1. The van der Waals surface area contributed by atoms with Gasteiger partial charge in [-0.05, 0) is 30.5 Å². The molecule has 0 spiro atoms. The van der Waals surface area contributed by atoms with Gasteiger partial charge in [0.25, 0.3) is 0 Å². The largest absolute Gasteiger partial charge is 0.397 e. The van der Waals surface area contributed by atoms with Gasteiger partial charge in [-0.15, -0.1) is 0 Å². The molecule has 1 heterocycles. The van der Waals surface area contributed by atoms with Gasteiger partial charge in [0.1, 0.15) is 0 Å². The molecule has 78 valence electrons. The summed E-state index contributed by atoms with van der Waals surface area (Å²) in [6.07, 6.45) is 1.23. The molecule has 15 heavy (non-hydrogen) atoms. The highest BCUT2D eigenvalue weighted by Crippen LogP contribution is 2.31. The fourth-order valence-electron chi connectivity index (χ4n) is 1.94. The maximum atomic E-state index is 8.72. The zero-order valence-corrected chi connectivity index (χ0v) is 8.90. The Morgan fingerprint density at radius 3 is 2.80 bits per heavy atom. The zero-order chi connectivity index (χ0) is 10.8. The summed E-state index contributed by atoms with van der Waals surface area (Å²) in [4.78, 5) is 2.27. The molecule has 0 unspecified atom stereocenters. The third-order valence-corrected chi connectivity index (χ3v) is 3.03. The lowest BCUT2D eigenvalue weighted by Gasteiger charge is -2.41. The topological polar surface area (TPSA) is 53.0 Å². The molecule has 0 amide bonds. The molecule has 1 fully saturated rings. The van der Waals surface area contributed by atoms with Crippen molar-refractivity contribution in [1.82, 2.24) is 0 Å². The van der Waals surface area contributed by atoms with Gasteiger partial charge in [-0.25, -0.2) is 0 Å². The van der Waals surface area contributed by atoms with Gasteiger partial charge in [0.15, 0.2) is 0 Å². The predicted octanol–water partition coefficient (Wildman–Crippen LogP) is 1.99. The lowest BCUT2D eigenvalue weighted by Crippen LogP contribution is -2.46. The molecule has 0 bridgehead atoms. The van der Waals surface area contributed by atoms with E-state index in [1.54, 1.807) is 6.07 Å². The number of nitrogen functional groups attached to an aromatic ring is 1. The van der Waals surface area contributed by atoms with Crippen molar-refractivity contribution >= 4 is 11.4 Å². The van der Waals surface area contributed by atoms with Crippen LogP contribution in [0, 0.1) is 17.2 Å². The quantitative estimate of drug-likeness (QED) is 0.744. The Morgan fingerprint density at radius 2 is 2.27 bits per heavy atom. The van der Waals surface area contributed by atoms with Crippen molar-refractivity contribution in [3.05, 3.63) is 23.8 Å². The lowest BCUT2D eigenvalue weighted by molar-refractivity contribution is 0.399. The summed E-state index contributed by atoms with van der Waals surface area (Å²) in [6.45, 7) is 4.39. The van der Waals surface area contributed by atoms with Gasteiger partial charge in [0, 0.05) is 13.1 Å². The van der Waals surface area contributed by atoms with Gasteiger partial charge < -0.3 is 10.6 Å². The fraction of sp³-hybridized carbons (Fsp3) is 0.417. The van der Waals surface area contributed by atoms with Crippen LogP contribution >= 0.6 is 0 Å². The minimum absolute atomic E-state index is 0.629. The molecule has 3 heteroatoms. The second kappa shape index (κ2) is 3.82. The average molecular weight is 201 g/mol. The van der Waals surface area contributed by atoms with Crippen LogP contribution < -0.4 is 10.6 Å². The monoisotopic (exact) mass is 201 g/mol. The van der Waals surface area contributed by atoms with Crippen molar-refractivity contribution in [1.29, 1.82) is 5.26 Å². The van der Waals surface area contributed by atoms with E-state index in [0.717, 1.165) is 24.7 Å². The smallest absolute Gasteiger partial charge is 0.0992 e. The van der Waals surface area contributed by atoms with Crippen molar-refractivity contribution in [3.63, 3.8) is 0 Å². The molecule has 0 aromatic heterocycles. The van der Waals surface area contributed by atoms with Crippen LogP contribution in [0.1, 0.15) is 18.9 Å².